The highest BCUT2D eigenvalue weighted by Crippen LogP contribution is 2.28. The van der Waals surface area contributed by atoms with Crippen LogP contribution in [0.5, 0.6) is 0 Å². The van der Waals surface area contributed by atoms with Gasteiger partial charge >= 0.3 is 0 Å². The standard InChI is InChI=1S/C21H20N2O3S/c1-16-7-5-8-17(13-16)21(24)23-15-20(18-9-6-12-22-14-18)27(25,26)19-10-3-2-4-11-19/h2-14,20H,15H2,1H3,(H,23,24)/t20-/m0/s1. The molecular weight excluding hydrogens is 360 g/mol. The van der Waals surface area contributed by atoms with Crippen LogP contribution in [-0.4, -0.2) is 25.9 Å². The lowest BCUT2D eigenvalue weighted by atomic mass is 10.1. The molecule has 0 aliphatic carbocycles. The number of rotatable bonds is 6. The zero-order chi connectivity index (χ0) is 19.3. The fourth-order valence-corrected chi connectivity index (χ4v) is 4.49. The summed E-state index contributed by atoms with van der Waals surface area (Å²) in [7, 11) is -3.69. The van der Waals surface area contributed by atoms with Crippen molar-refractivity contribution < 1.29 is 13.2 Å². The van der Waals surface area contributed by atoms with Crippen LogP contribution < -0.4 is 5.32 Å². The summed E-state index contributed by atoms with van der Waals surface area (Å²) in [6, 6.07) is 18.8. The third kappa shape index (κ3) is 4.41. The summed E-state index contributed by atoms with van der Waals surface area (Å²) < 4.78 is 26.3. The Bertz CT molecular complexity index is 1020. The number of aromatic nitrogens is 1. The summed E-state index contributed by atoms with van der Waals surface area (Å²) in [5, 5.41) is 1.83. The van der Waals surface area contributed by atoms with E-state index in [0.29, 0.717) is 11.1 Å². The molecule has 0 saturated carbocycles. The van der Waals surface area contributed by atoms with E-state index in [1.807, 2.05) is 13.0 Å². The van der Waals surface area contributed by atoms with Gasteiger partial charge in [-0.2, -0.15) is 0 Å². The van der Waals surface area contributed by atoms with Crippen LogP contribution in [0.3, 0.4) is 0 Å². The second kappa shape index (κ2) is 8.14. The van der Waals surface area contributed by atoms with Gasteiger partial charge in [-0.1, -0.05) is 42.0 Å². The zero-order valence-electron chi connectivity index (χ0n) is 14.9. The summed E-state index contributed by atoms with van der Waals surface area (Å²) in [6.45, 7) is 1.85. The molecule has 0 aliphatic heterocycles. The number of hydrogen-bond acceptors (Lipinski definition) is 4. The van der Waals surface area contributed by atoms with E-state index >= 15 is 0 Å². The van der Waals surface area contributed by atoms with Crippen LogP contribution in [0.4, 0.5) is 0 Å². The minimum Gasteiger partial charge on any atom is -0.350 e. The quantitative estimate of drug-likeness (QED) is 0.712. The van der Waals surface area contributed by atoms with Gasteiger partial charge < -0.3 is 5.32 Å². The largest absolute Gasteiger partial charge is 0.350 e. The maximum Gasteiger partial charge on any atom is 0.251 e. The minimum atomic E-state index is -3.69. The van der Waals surface area contributed by atoms with Crippen LogP contribution in [0, 0.1) is 6.92 Å². The normalized spacial score (nSPS) is 12.3. The molecule has 1 aromatic heterocycles. The lowest BCUT2D eigenvalue weighted by Gasteiger charge is -2.19. The molecule has 138 valence electrons. The maximum atomic E-state index is 13.2. The Morgan fingerprint density at radius 3 is 2.48 bits per heavy atom. The van der Waals surface area contributed by atoms with Crippen LogP contribution >= 0.6 is 0 Å². The number of benzene rings is 2. The molecule has 0 bridgehead atoms. The lowest BCUT2D eigenvalue weighted by molar-refractivity contribution is 0.0953. The Labute approximate surface area is 159 Å². The highest BCUT2D eigenvalue weighted by molar-refractivity contribution is 7.91. The molecule has 3 rings (SSSR count). The maximum absolute atomic E-state index is 13.2. The Morgan fingerprint density at radius 1 is 1.04 bits per heavy atom. The Morgan fingerprint density at radius 2 is 1.81 bits per heavy atom. The molecule has 0 radical (unpaired) electrons. The molecule has 0 saturated heterocycles. The van der Waals surface area contributed by atoms with Gasteiger partial charge in [0.05, 0.1) is 4.90 Å². The summed E-state index contributed by atoms with van der Waals surface area (Å²) in [4.78, 5) is 16.7. The summed E-state index contributed by atoms with van der Waals surface area (Å²) in [6.07, 6.45) is 3.10. The van der Waals surface area contributed by atoms with E-state index in [9.17, 15) is 13.2 Å². The first-order chi connectivity index (χ1) is 13.0. The van der Waals surface area contributed by atoms with Crippen molar-refractivity contribution in [3.8, 4) is 0 Å². The van der Waals surface area contributed by atoms with Crippen molar-refractivity contribution in [3.63, 3.8) is 0 Å². The second-order valence-corrected chi connectivity index (χ2v) is 8.34. The Hall–Kier alpha value is -2.99. The molecule has 1 heterocycles. The number of nitrogens with one attached hydrogen (secondary N) is 1. The van der Waals surface area contributed by atoms with Crippen molar-refractivity contribution in [1.29, 1.82) is 0 Å². The monoisotopic (exact) mass is 380 g/mol. The fraction of sp³-hybridized carbons (Fsp3) is 0.143. The van der Waals surface area contributed by atoms with Crippen LogP contribution in [0.1, 0.15) is 26.7 Å². The van der Waals surface area contributed by atoms with Crippen LogP contribution in [0.2, 0.25) is 0 Å². The highest BCUT2D eigenvalue weighted by atomic mass is 32.2. The molecule has 0 spiro atoms. The number of carbonyl (C=O) groups excluding carboxylic acids is 1. The van der Waals surface area contributed by atoms with E-state index in [-0.39, 0.29) is 17.3 Å². The predicted octanol–water partition coefficient (Wildman–Crippen LogP) is 3.34. The number of sulfone groups is 1. The second-order valence-electron chi connectivity index (χ2n) is 6.21. The average Bonchev–Trinajstić information content (AvgIpc) is 2.69. The molecule has 1 amide bonds. The zero-order valence-corrected chi connectivity index (χ0v) is 15.7. The van der Waals surface area contributed by atoms with Gasteiger partial charge in [-0.05, 0) is 42.8 Å². The molecular formula is C21H20N2O3S. The minimum absolute atomic E-state index is 0.0459. The van der Waals surface area contributed by atoms with Crippen molar-refractivity contribution in [1.82, 2.24) is 10.3 Å². The molecule has 3 aromatic rings. The van der Waals surface area contributed by atoms with Crippen LogP contribution in [0.25, 0.3) is 0 Å². The molecule has 1 N–H and O–H groups in total. The van der Waals surface area contributed by atoms with E-state index in [4.69, 9.17) is 0 Å². The van der Waals surface area contributed by atoms with E-state index in [1.165, 1.54) is 6.20 Å². The molecule has 27 heavy (non-hydrogen) atoms. The Kier molecular flexibility index (Phi) is 5.66. The molecule has 0 fully saturated rings. The molecule has 0 aliphatic rings. The van der Waals surface area contributed by atoms with Crippen molar-refractivity contribution in [2.45, 2.75) is 17.1 Å². The van der Waals surface area contributed by atoms with E-state index < -0.39 is 15.1 Å². The molecule has 1 atom stereocenters. The smallest absolute Gasteiger partial charge is 0.251 e. The number of pyridine rings is 1. The van der Waals surface area contributed by atoms with Crippen LogP contribution in [0.15, 0.2) is 84.0 Å². The number of aryl methyl sites for hydroxylation is 1. The SMILES string of the molecule is Cc1cccc(C(=O)NC[C@@H](c2cccnc2)S(=O)(=O)c2ccccc2)c1. The third-order valence-corrected chi connectivity index (χ3v) is 6.35. The predicted molar refractivity (Wildman–Crippen MR) is 104 cm³/mol. The fourth-order valence-electron chi connectivity index (χ4n) is 2.82. The van der Waals surface area contributed by atoms with Gasteiger partial charge in [-0.25, -0.2) is 8.42 Å². The van der Waals surface area contributed by atoms with E-state index in [1.54, 1.807) is 66.9 Å². The molecule has 0 unspecified atom stereocenters. The highest BCUT2D eigenvalue weighted by Gasteiger charge is 2.29. The van der Waals surface area contributed by atoms with E-state index in [2.05, 4.69) is 10.3 Å². The third-order valence-electron chi connectivity index (χ3n) is 4.23. The Balaban J connectivity index is 1.89. The molecule has 6 heteroatoms. The number of amides is 1. The van der Waals surface area contributed by atoms with Gasteiger partial charge in [0.2, 0.25) is 0 Å². The van der Waals surface area contributed by atoms with Crippen molar-refractivity contribution in [2.24, 2.45) is 0 Å². The van der Waals surface area contributed by atoms with E-state index in [0.717, 1.165) is 5.56 Å². The first-order valence-electron chi connectivity index (χ1n) is 8.52. The average molecular weight is 380 g/mol. The van der Waals surface area contributed by atoms with Gasteiger partial charge in [0.25, 0.3) is 5.91 Å². The topological polar surface area (TPSA) is 76.1 Å². The van der Waals surface area contributed by atoms with Crippen molar-refractivity contribution in [2.75, 3.05) is 6.54 Å². The van der Waals surface area contributed by atoms with Gasteiger partial charge in [0, 0.05) is 24.5 Å². The van der Waals surface area contributed by atoms with Gasteiger partial charge in [0.15, 0.2) is 9.84 Å². The summed E-state index contributed by atoms with van der Waals surface area (Å²) in [5.74, 6) is -0.309. The number of nitrogens with zero attached hydrogens (tertiary/aromatic N) is 1. The van der Waals surface area contributed by atoms with Crippen molar-refractivity contribution >= 4 is 15.7 Å². The summed E-state index contributed by atoms with van der Waals surface area (Å²) >= 11 is 0. The number of hydrogen-bond donors (Lipinski definition) is 1. The van der Waals surface area contributed by atoms with Gasteiger partial charge in [-0.15, -0.1) is 0 Å². The lowest BCUT2D eigenvalue weighted by Crippen LogP contribution is -2.32. The number of carbonyl (C=O) groups is 1. The molecule has 2 aromatic carbocycles. The van der Waals surface area contributed by atoms with Gasteiger partial charge in [0.1, 0.15) is 5.25 Å². The van der Waals surface area contributed by atoms with Gasteiger partial charge in [-0.3, -0.25) is 9.78 Å². The summed E-state index contributed by atoms with van der Waals surface area (Å²) in [5.41, 5.74) is 1.99. The van der Waals surface area contributed by atoms with Crippen LogP contribution in [-0.2, 0) is 9.84 Å². The first-order valence-corrected chi connectivity index (χ1v) is 10.1. The first kappa shape index (κ1) is 18.8. The molecule has 5 nitrogen and oxygen atoms in total. The van der Waals surface area contributed by atoms with Crippen molar-refractivity contribution in [3.05, 3.63) is 95.8 Å².